The second kappa shape index (κ2) is 8.86. The number of aryl methyl sites for hydroxylation is 1. The number of amides is 1. The SMILES string of the molecule is Cc1ccc(C(=O)NC2CCN(C)CC2)cc1S(=O)(=O)NCc1ccccc1. The van der Waals surface area contributed by atoms with E-state index in [1.165, 1.54) is 6.07 Å². The summed E-state index contributed by atoms with van der Waals surface area (Å²) in [5.74, 6) is -0.228. The molecule has 0 saturated carbocycles. The number of likely N-dealkylation sites (tertiary alicyclic amines) is 1. The fourth-order valence-electron chi connectivity index (χ4n) is 3.30. The van der Waals surface area contributed by atoms with Crippen molar-refractivity contribution in [2.75, 3.05) is 20.1 Å². The molecule has 7 heteroatoms. The molecular weight excluding hydrogens is 374 g/mol. The normalized spacial score (nSPS) is 16.1. The molecule has 3 rings (SSSR count). The summed E-state index contributed by atoms with van der Waals surface area (Å²) in [6.45, 7) is 3.83. The summed E-state index contributed by atoms with van der Waals surface area (Å²) in [4.78, 5) is 15.0. The lowest BCUT2D eigenvalue weighted by Crippen LogP contribution is -2.43. The molecule has 1 saturated heterocycles. The molecule has 28 heavy (non-hydrogen) atoms. The van der Waals surface area contributed by atoms with E-state index in [1.807, 2.05) is 30.3 Å². The van der Waals surface area contributed by atoms with Gasteiger partial charge in [0.15, 0.2) is 0 Å². The van der Waals surface area contributed by atoms with Crippen molar-refractivity contribution in [1.82, 2.24) is 14.9 Å². The molecule has 2 aromatic carbocycles. The van der Waals surface area contributed by atoms with Crippen LogP contribution in [0.2, 0.25) is 0 Å². The first kappa shape index (κ1) is 20.5. The first-order valence-corrected chi connectivity index (χ1v) is 11.0. The van der Waals surface area contributed by atoms with E-state index in [4.69, 9.17) is 0 Å². The Bertz CT molecular complexity index is 921. The summed E-state index contributed by atoms with van der Waals surface area (Å²) in [6, 6.07) is 14.3. The minimum absolute atomic E-state index is 0.126. The second-order valence-electron chi connectivity index (χ2n) is 7.34. The van der Waals surface area contributed by atoms with Crippen LogP contribution >= 0.6 is 0 Å². The van der Waals surface area contributed by atoms with Gasteiger partial charge in [0.2, 0.25) is 10.0 Å². The van der Waals surface area contributed by atoms with Gasteiger partial charge >= 0.3 is 0 Å². The van der Waals surface area contributed by atoms with E-state index in [0.29, 0.717) is 11.1 Å². The van der Waals surface area contributed by atoms with Crippen LogP contribution in [0, 0.1) is 6.92 Å². The van der Waals surface area contributed by atoms with Gasteiger partial charge < -0.3 is 10.2 Å². The summed E-state index contributed by atoms with van der Waals surface area (Å²) in [5, 5.41) is 3.03. The number of nitrogens with one attached hydrogen (secondary N) is 2. The molecule has 1 aliphatic heterocycles. The standard InChI is InChI=1S/C21H27N3O3S/c1-16-8-9-18(21(25)23-19-10-12-24(2)13-11-19)14-20(16)28(26,27)22-15-17-6-4-3-5-7-17/h3-9,14,19,22H,10-13,15H2,1-2H3,(H,23,25). The van der Waals surface area contributed by atoms with Crippen molar-refractivity contribution < 1.29 is 13.2 Å². The number of hydrogen-bond donors (Lipinski definition) is 2. The lowest BCUT2D eigenvalue weighted by molar-refractivity contribution is 0.0916. The number of sulfonamides is 1. The predicted octanol–water partition coefficient (Wildman–Crippen LogP) is 2.30. The molecule has 1 heterocycles. The van der Waals surface area contributed by atoms with Gasteiger partial charge in [-0.1, -0.05) is 36.4 Å². The van der Waals surface area contributed by atoms with Gasteiger partial charge in [0.25, 0.3) is 5.91 Å². The molecule has 0 bridgehead atoms. The molecule has 1 aliphatic rings. The van der Waals surface area contributed by atoms with Crippen LogP contribution in [0.3, 0.4) is 0 Å². The van der Waals surface area contributed by atoms with Crippen LogP contribution in [0.5, 0.6) is 0 Å². The number of carbonyl (C=O) groups excluding carboxylic acids is 1. The van der Waals surface area contributed by atoms with Crippen molar-refractivity contribution in [2.24, 2.45) is 0 Å². The molecule has 1 fully saturated rings. The van der Waals surface area contributed by atoms with Gasteiger partial charge in [-0.15, -0.1) is 0 Å². The van der Waals surface area contributed by atoms with Crippen LogP contribution in [0.1, 0.15) is 34.3 Å². The van der Waals surface area contributed by atoms with E-state index < -0.39 is 10.0 Å². The van der Waals surface area contributed by atoms with Crippen molar-refractivity contribution in [2.45, 2.75) is 37.2 Å². The number of hydrogen-bond acceptors (Lipinski definition) is 4. The van der Waals surface area contributed by atoms with Crippen LogP contribution in [-0.4, -0.2) is 45.4 Å². The van der Waals surface area contributed by atoms with Crippen LogP contribution in [0.15, 0.2) is 53.4 Å². The zero-order chi connectivity index (χ0) is 20.1. The topological polar surface area (TPSA) is 78.5 Å². The maximum Gasteiger partial charge on any atom is 0.251 e. The molecule has 6 nitrogen and oxygen atoms in total. The van der Waals surface area contributed by atoms with Gasteiger partial charge in [-0.05, 0) is 63.2 Å². The van der Waals surface area contributed by atoms with Gasteiger partial charge in [0, 0.05) is 18.2 Å². The average Bonchev–Trinajstić information content (AvgIpc) is 2.69. The maximum atomic E-state index is 12.8. The van der Waals surface area contributed by atoms with E-state index in [-0.39, 0.29) is 23.4 Å². The largest absolute Gasteiger partial charge is 0.349 e. The first-order valence-electron chi connectivity index (χ1n) is 9.49. The van der Waals surface area contributed by atoms with Gasteiger partial charge in [0.05, 0.1) is 4.90 Å². The monoisotopic (exact) mass is 401 g/mol. The molecule has 2 N–H and O–H groups in total. The molecule has 0 aliphatic carbocycles. The Balaban J connectivity index is 1.72. The predicted molar refractivity (Wildman–Crippen MR) is 110 cm³/mol. The highest BCUT2D eigenvalue weighted by molar-refractivity contribution is 7.89. The van der Waals surface area contributed by atoms with Gasteiger partial charge in [-0.3, -0.25) is 4.79 Å². The Morgan fingerprint density at radius 2 is 1.79 bits per heavy atom. The number of piperidine rings is 1. The summed E-state index contributed by atoms with van der Waals surface area (Å²) in [7, 11) is -1.66. The lowest BCUT2D eigenvalue weighted by atomic mass is 10.0. The molecule has 0 atom stereocenters. The first-order chi connectivity index (χ1) is 13.3. The molecule has 150 valence electrons. The summed E-state index contributed by atoms with van der Waals surface area (Å²) >= 11 is 0. The van der Waals surface area contributed by atoms with Crippen LogP contribution < -0.4 is 10.0 Å². The van der Waals surface area contributed by atoms with E-state index in [2.05, 4.69) is 22.0 Å². The molecule has 0 unspecified atom stereocenters. The molecular formula is C21H27N3O3S. The summed E-state index contributed by atoms with van der Waals surface area (Å²) < 4.78 is 28.2. The van der Waals surface area contributed by atoms with Gasteiger partial charge in [-0.2, -0.15) is 0 Å². The third-order valence-corrected chi connectivity index (χ3v) is 6.65. The highest BCUT2D eigenvalue weighted by atomic mass is 32.2. The Kier molecular flexibility index (Phi) is 6.49. The number of nitrogens with zero attached hydrogens (tertiary/aromatic N) is 1. The fraction of sp³-hybridized carbons (Fsp3) is 0.381. The molecule has 0 spiro atoms. The third-order valence-electron chi connectivity index (χ3n) is 5.10. The molecule has 0 aromatic heterocycles. The zero-order valence-electron chi connectivity index (χ0n) is 16.3. The van der Waals surface area contributed by atoms with Crippen LogP contribution in [-0.2, 0) is 16.6 Å². The molecule has 0 radical (unpaired) electrons. The van der Waals surface area contributed by atoms with Crippen LogP contribution in [0.4, 0.5) is 0 Å². The quantitative estimate of drug-likeness (QED) is 0.779. The van der Waals surface area contributed by atoms with Crippen molar-refractivity contribution in [3.8, 4) is 0 Å². The Morgan fingerprint density at radius 1 is 1.11 bits per heavy atom. The molecule has 2 aromatic rings. The van der Waals surface area contributed by atoms with E-state index in [1.54, 1.807) is 19.1 Å². The van der Waals surface area contributed by atoms with Crippen molar-refractivity contribution >= 4 is 15.9 Å². The summed E-state index contributed by atoms with van der Waals surface area (Å²) in [6.07, 6.45) is 1.80. The van der Waals surface area contributed by atoms with Crippen LogP contribution in [0.25, 0.3) is 0 Å². The fourth-order valence-corrected chi connectivity index (χ4v) is 4.59. The maximum absolute atomic E-state index is 12.8. The van der Waals surface area contributed by atoms with E-state index in [0.717, 1.165) is 31.5 Å². The van der Waals surface area contributed by atoms with Crippen molar-refractivity contribution in [3.05, 3.63) is 65.2 Å². The van der Waals surface area contributed by atoms with Crippen molar-refractivity contribution in [3.63, 3.8) is 0 Å². The Hall–Kier alpha value is -2.22. The minimum atomic E-state index is -3.72. The second-order valence-corrected chi connectivity index (χ2v) is 9.08. The highest BCUT2D eigenvalue weighted by Crippen LogP contribution is 2.18. The van der Waals surface area contributed by atoms with Crippen molar-refractivity contribution in [1.29, 1.82) is 0 Å². The number of benzene rings is 2. The smallest absolute Gasteiger partial charge is 0.251 e. The third kappa shape index (κ3) is 5.19. The Morgan fingerprint density at radius 3 is 2.46 bits per heavy atom. The minimum Gasteiger partial charge on any atom is -0.349 e. The number of carbonyl (C=O) groups is 1. The van der Waals surface area contributed by atoms with Gasteiger partial charge in [-0.25, -0.2) is 13.1 Å². The Labute approximate surface area is 167 Å². The zero-order valence-corrected chi connectivity index (χ0v) is 17.1. The van der Waals surface area contributed by atoms with E-state index >= 15 is 0 Å². The lowest BCUT2D eigenvalue weighted by Gasteiger charge is -2.29. The van der Waals surface area contributed by atoms with E-state index in [9.17, 15) is 13.2 Å². The number of rotatable bonds is 6. The summed E-state index contributed by atoms with van der Waals surface area (Å²) in [5.41, 5.74) is 1.85. The average molecular weight is 402 g/mol. The molecule has 1 amide bonds. The highest BCUT2D eigenvalue weighted by Gasteiger charge is 2.22. The van der Waals surface area contributed by atoms with Gasteiger partial charge in [0.1, 0.15) is 0 Å².